The van der Waals surface area contributed by atoms with Gasteiger partial charge < -0.3 is 40.7 Å². The molecule has 12 aromatic rings. The van der Waals surface area contributed by atoms with E-state index in [1.54, 1.807) is 113 Å². The van der Waals surface area contributed by atoms with Crippen molar-refractivity contribution in [2.24, 2.45) is 5.41 Å². The van der Waals surface area contributed by atoms with Crippen LogP contribution in [0.5, 0.6) is 17.2 Å². The zero-order valence-corrected chi connectivity index (χ0v) is 51.2. The number of rotatable bonds is 11. The van der Waals surface area contributed by atoms with E-state index in [9.17, 15) is 15.3 Å². The average Bonchev–Trinajstić information content (AvgIpc) is 3.89. The number of H-pyrrole nitrogens is 3. The minimum atomic E-state index is 0.107. The molecule has 436 valence electrons. The number of aromatic amines is 3. The van der Waals surface area contributed by atoms with Crippen molar-refractivity contribution in [3.63, 3.8) is 0 Å². The van der Waals surface area contributed by atoms with Gasteiger partial charge in [0.2, 0.25) is 0 Å². The number of aromatic nitrogens is 14. The van der Waals surface area contributed by atoms with Gasteiger partial charge in [-0.15, -0.1) is 0 Å². The quantitative estimate of drug-likeness (QED) is 0.0597. The van der Waals surface area contributed by atoms with Crippen LogP contribution < -0.4 is 20.4 Å². The zero-order valence-electron chi connectivity index (χ0n) is 46.3. The summed E-state index contributed by atoms with van der Waals surface area (Å²) in [6, 6.07) is 9.55. The van der Waals surface area contributed by atoms with Gasteiger partial charge in [0.05, 0.1) is 29.2 Å². The van der Waals surface area contributed by atoms with Gasteiger partial charge in [-0.1, -0.05) is 81.0 Å². The number of hydrogen-bond donors (Lipinski definition) is 8. The topological polar surface area (TPSA) is 284 Å². The van der Waals surface area contributed by atoms with Gasteiger partial charge in [0, 0.05) is 109 Å². The first-order chi connectivity index (χ1) is 41.6. The summed E-state index contributed by atoms with van der Waals surface area (Å²) in [5, 5.41) is 63.9. The van der Waals surface area contributed by atoms with Gasteiger partial charge in [-0.25, -0.2) is 39.9 Å². The van der Waals surface area contributed by atoms with Crippen LogP contribution in [0, 0.1) is 5.41 Å². The van der Waals surface area contributed by atoms with E-state index in [0.717, 1.165) is 168 Å². The highest BCUT2D eigenvalue weighted by Crippen LogP contribution is 2.46. The van der Waals surface area contributed by atoms with E-state index < -0.39 is 0 Å². The van der Waals surface area contributed by atoms with E-state index in [-0.39, 0.29) is 17.2 Å². The third-order valence-corrected chi connectivity index (χ3v) is 22.8. The minimum Gasteiger partial charge on any atom is -0.507 e. The molecule has 4 aliphatic heterocycles. The Hall–Kier alpha value is -7.41. The largest absolute Gasteiger partial charge is 0.507 e. The van der Waals surface area contributed by atoms with Crippen LogP contribution in [0.1, 0.15) is 56.4 Å². The number of anilines is 2. The minimum absolute atomic E-state index is 0.107. The van der Waals surface area contributed by atoms with E-state index in [0.29, 0.717) is 38.8 Å². The van der Waals surface area contributed by atoms with E-state index in [2.05, 4.69) is 79.9 Å². The summed E-state index contributed by atoms with van der Waals surface area (Å²) >= 11 is 9.42. The molecule has 28 heteroatoms. The number of benzene rings is 1. The fraction of sp³-hybridized carbons (Fsp3) is 0.351. The summed E-state index contributed by atoms with van der Waals surface area (Å²) in [6.45, 7) is 12.2. The highest BCUT2D eigenvalue weighted by molar-refractivity contribution is 7.30. The van der Waals surface area contributed by atoms with Gasteiger partial charge in [0.1, 0.15) is 43.7 Å². The van der Waals surface area contributed by atoms with E-state index in [4.69, 9.17) is 29.9 Å². The molecule has 4 saturated heterocycles. The number of piperidine rings is 3. The fourth-order valence-electron chi connectivity index (χ4n) is 11.4. The molecule has 85 heavy (non-hydrogen) atoms. The van der Waals surface area contributed by atoms with Crippen molar-refractivity contribution in [1.29, 1.82) is 0 Å². The van der Waals surface area contributed by atoms with Crippen LogP contribution in [0.15, 0.2) is 79.9 Å². The summed E-state index contributed by atoms with van der Waals surface area (Å²) in [7, 11) is 2.14. The van der Waals surface area contributed by atoms with Crippen molar-refractivity contribution in [1.82, 2.24) is 86.0 Å². The van der Waals surface area contributed by atoms with Gasteiger partial charge in [-0.2, -0.15) is 15.3 Å². The molecular formula is C57H59N19O3S6. The lowest BCUT2D eigenvalue weighted by molar-refractivity contribution is 0.150. The summed E-state index contributed by atoms with van der Waals surface area (Å²) in [6.07, 6.45) is 21.1. The number of phenols is 1. The molecule has 15 heterocycles. The molecule has 11 aromatic heterocycles. The van der Waals surface area contributed by atoms with Crippen molar-refractivity contribution in [2.45, 2.75) is 57.4 Å². The normalized spacial score (nSPS) is 16.7. The predicted octanol–water partition coefficient (Wildman–Crippen LogP) is 10.9. The number of fused-ring (bicyclic) bond motifs is 3. The molecule has 0 aliphatic carbocycles. The highest BCUT2D eigenvalue weighted by Gasteiger charge is 2.44. The summed E-state index contributed by atoms with van der Waals surface area (Å²) in [5.41, 5.74) is 7.44. The van der Waals surface area contributed by atoms with Crippen LogP contribution in [0.4, 0.5) is 10.3 Å². The Balaban J connectivity index is 0.000000113. The molecule has 4 fully saturated rings. The van der Waals surface area contributed by atoms with Gasteiger partial charge in [0.15, 0.2) is 39.2 Å². The number of likely N-dealkylation sites (tertiary alicyclic amines) is 1. The first-order valence-corrected chi connectivity index (χ1v) is 33.1. The van der Waals surface area contributed by atoms with Crippen LogP contribution in [0.2, 0.25) is 0 Å². The van der Waals surface area contributed by atoms with E-state index >= 15 is 0 Å². The molecule has 16 rings (SSSR count). The molecule has 22 nitrogen and oxygen atoms in total. The second-order valence-corrected chi connectivity index (χ2v) is 27.6. The number of pyridine rings is 2. The van der Waals surface area contributed by atoms with Crippen molar-refractivity contribution < 1.29 is 15.3 Å². The fourth-order valence-corrected chi connectivity index (χ4v) is 17.8. The molecule has 0 bridgehead atoms. The maximum atomic E-state index is 10.5. The molecule has 1 spiro atoms. The molecule has 0 unspecified atom stereocenters. The van der Waals surface area contributed by atoms with Gasteiger partial charge in [-0.05, 0) is 101 Å². The molecule has 1 aromatic carbocycles. The van der Waals surface area contributed by atoms with Crippen LogP contribution in [-0.2, 0) is 0 Å². The maximum absolute atomic E-state index is 10.5. The highest BCUT2D eigenvalue weighted by atomic mass is 32.1. The Bertz CT molecular complexity index is 4120. The summed E-state index contributed by atoms with van der Waals surface area (Å²) < 4.78 is 0. The Morgan fingerprint density at radius 3 is 1.64 bits per heavy atom. The average molecular weight is 1250 g/mol. The molecule has 8 N–H and O–H groups in total. The zero-order chi connectivity index (χ0) is 57.6. The van der Waals surface area contributed by atoms with Crippen molar-refractivity contribution in [2.75, 3.05) is 75.8 Å². The Labute approximate surface area is 511 Å². The first kappa shape index (κ1) is 55.5. The first-order valence-electron chi connectivity index (χ1n) is 28.2. The van der Waals surface area contributed by atoms with Gasteiger partial charge in [-0.3, -0.25) is 15.3 Å². The SMILES string of the molecule is CCN1CCC(N(C)c2nc3sc(-c4ncc(-c5cn[nH]c5)cc4O)nc3s2)CC1.Oc1cc(-c2cn[nH]c2)ccc1-c1nc2sc(C3CCNCC3)nc2s1.Oc1cc(-c2cn[nH]c2)cnc1-c1nc2sc(N3CC4(CCNCC4)C3)nc2s1. The van der Waals surface area contributed by atoms with Gasteiger partial charge >= 0.3 is 0 Å². The van der Waals surface area contributed by atoms with E-state index in [1.807, 2.05) is 12.1 Å². The van der Waals surface area contributed by atoms with Crippen molar-refractivity contribution in [3.8, 4) is 82.6 Å². The summed E-state index contributed by atoms with van der Waals surface area (Å²) in [5.74, 6) is 0.994. The molecule has 4 aliphatic rings. The second kappa shape index (κ2) is 23.8. The van der Waals surface area contributed by atoms with E-state index in [1.165, 1.54) is 40.5 Å². The number of hydrogen-bond acceptors (Lipinski definition) is 25. The van der Waals surface area contributed by atoms with Gasteiger partial charge in [0.25, 0.3) is 0 Å². The van der Waals surface area contributed by atoms with Crippen LogP contribution in [-0.4, -0.2) is 163 Å². The summed E-state index contributed by atoms with van der Waals surface area (Å²) in [4.78, 5) is 50.2. The van der Waals surface area contributed by atoms with Crippen molar-refractivity contribution in [3.05, 3.63) is 84.9 Å². The molecule has 0 atom stereocenters. The Morgan fingerprint density at radius 1 is 0.553 bits per heavy atom. The van der Waals surface area contributed by atoms with Crippen LogP contribution in [0.3, 0.4) is 0 Å². The number of phenolic OH excluding ortho intramolecular Hbond substituents is 1. The molecule has 0 saturated carbocycles. The standard InChI is InChI=1S/C20H23N7OS2.C19H19N7OS2.C18H17N5OS2/c1-3-27-6-4-14(5-7-27)26(2)20-25-19-18(30-20)24-17(29-19)16-15(28)8-12(9-21-16)13-10-22-23-11-13;27-13-5-11(12-7-22-23-8-12)6-21-14(13)15-24-16-17(28-15)25-18(29-16)26-9-19(10-26)1-3-20-4-2-19;24-14-7-11(12-8-20-21-9-12)1-2-13(14)16-23-18-17(26-16)22-15(25-18)10-3-5-19-6-4-10/h8-11,14,28H,3-7H2,1-2H3,(H,22,23);5-8,20,27H,1-4,9-10H2,(H,22,23);1-2,7-10,19,24H,3-6H2,(H,20,21). The third kappa shape index (κ3) is 11.5. The Kier molecular flexibility index (Phi) is 15.5. The predicted molar refractivity (Wildman–Crippen MR) is 341 cm³/mol. The smallest absolute Gasteiger partial charge is 0.188 e. The molecular weight excluding hydrogens is 1190 g/mol. The lowest BCUT2D eigenvalue weighted by Gasteiger charge is -2.52. The Morgan fingerprint density at radius 2 is 1.08 bits per heavy atom. The number of thiazole rings is 6. The number of nitrogens with zero attached hydrogens (tertiary/aromatic N) is 14. The monoisotopic (exact) mass is 1250 g/mol. The lowest BCUT2D eigenvalue weighted by atomic mass is 9.73. The molecule has 0 amide bonds. The van der Waals surface area contributed by atoms with Crippen molar-refractivity contribution >= 4 is 107 Å². The third-order valence-electron chi connectivity index (χ3n) is 16.3. The number of nitrogens with one attached hydrogen (secondary N) is 5. The lowest BCUT2D eigenvalue weighted by Crippen LogP contribution is -2.60. The maximum Gasteiger partial charge on any atom is 0.188 e. The van der Waals surface area contributed by atoms with Crippen LogP contribution in [0.25, 0.3) is 94.3 Å². The molecule has 0 radical (unpaired) electrons. The second-order valence-electron chi connectivity index (χ2n) is 21.7. The van der Waals surface area contributed by atoms with Crippen LogP contribution >= 0.6 is 68.0 Å². The number of aromatic hydroxyl groups is 3.